The summed E-state index contributed by atoms with van der Waals surface area (Å²) in [6.07, 6.45) is 0. The maximum Gasteiger partial charge on any atom is 0.143 e. The monoisotopic (exact) mass is 1400 g/mol. The molecule has 0 spiro atoms. The highest BCUT2D eigenvalue weighted by Crippen LogP contribution is 2.58. The van der Waals surface area contributed by atoms with Gasteiger partial charge in [-0.1, -0.05) is 307 Å². The largest absolute Gasteiger partial charge is 0.456 e. The summed E-state index contributed by atoms with van der Waals surface area (Å²) in [6, 6.07) is 123. The summed E-state index contributed by atoms with van der Waals surface area (Å²) in [5, 5.41) is 18.8. The van der Waals surface area contributed by atoms with Gasteiger partial charge in [0.15, 0.2) is 0 Å². The Morgan fingerprint density at radius 3 is 0.855 bits per heavy atom. The van der Waals surface area contributed by atoms with Crippen molar-refractivity contribution in [2.24, 2.45) is 0 Å². The van der Waals surface area contributed by atoms with Gasteiger partial charge >= 0.3 is 0 Å². The second-order valence-electron chi connectivity index (χ2n) is 31.1. The van der Waals surface area contributed by atoms with E-state index in [1.54, 1.807) is 0 Å². The van der Waals surface area contributed by atoms with Crippen LogP contribution in [0.4, 0.5) is 0 Å². The quantitative estimate of drug-likeness (QED) is 0.156. The van der Waals surface area contributed by atoms with Gasteiger partial charge in [0.2, 0.25) is 0 Å². The minimum atomic E-state index is -0.189. The average molecular weight is 1410 g/mol. The van der Waals surface area contributed by atoms with Crippen LogP contribution in [0.1, 0.15) is 49.9 Å². The van der Waals surface area contributed by atoms with Gasteiger partial charge in [0.25, 0.3) is 0 Å². The van der Waals surface area contributed by atoms with Crippen LogP contribution in [0.2, 0.25) is 0 Å². The maximum absolute atomic E-state index is 6.67. The molecule has 4 heterocycles. The molecule has 0 atom stereocenters. The molecule has 0 radical (unpaired) electrons. The van der Waals surface area contributed by atoms with Crippen LogP contribution < -0.4 is 0 Å². The van der Waals surface area contributed by atoms with E-state index in [1.165, 1.54) is 121 Å². The van der Waals surface area contributed by atoms with E-state index in [4.69, 9.17) is 17.7 Å². The molecular formula is C106H68O4. The Labute approximate surface area is 633 Å². The molecule has 0 fully saturated rings. The van der Waals surface area contributed by atoms with Gasteiger partial charge in [-0.25, -0.2) is 0 Å². The van der Waals surface area contributed by atoms with Crippen LogP contribution in [0.25, 0.3) is 220 Å². The predicted molar refractivity (Wildman–Crippen MR) is 460 cm³/mol. The zero-order valence-electron chi connectivity index (χ0n) is 61.0. The van der Waals surface area contributed by atoms with E-state index >= 15 is 0 Å². The number of fused-ring (bicyclic) bond motifs is 22. The van der Waals surface area contributed by atoms with E-state index in [1.807, 2.05) is 36.4 Å². The Balaban J connectivity index is 0.000000132. The number of para-hydroxylation sites is 6. The van der Waals surface area contributed by atoms with Gasteiger partial charge in [-0.3, -0.25) is 0 Å². The minimum absolute atomic E-state index is 0.176. The summed E-state index contributed by atoms with van der Waals surface area (Å²) in [5.74, 6) is 0. The summed E-state index contributed by atoms with van der Waals surface area (Å²) in [4.78, 5) is 0. The van der Waals surface area contributed by atoms with Crippen molar-refractivity contribution in [2.45, 2.75) is 38.5 Å². The summed E-state index contributed by atoms with van der Waals surface area (Å²) in [7, 11) is 0. The molecule has 516 valence electrons. The Kier molecular flexibility index (Phi) is 13.2. The van der Waals surface area contributed by atoms with Crippen molar-refractivity contribution in [3.63, 3.8) is 0 Å². The van der Waals surface area contributed by atoms with E-state index in [9.17, 15) is 0 Å². The summed E-state index contributed by atoms with van der Waals surface area (Å²) in [6.45, 7) is 9.54. The molecular weight excluding hydrogens is 1340 g/mol. The molecule has 22 aromatic rings. The van der Waals surface area contributed by atoms with Crippen LogP contribution in [0.5, 0.6) is 0 Å². The Morgan fingerprint density at radius 2 is 0.445 bits per heavy atom. The second kappa shape index (κ2) is 23.4. The normalized spacial score (nSPS) is 13.4. The molecule has 4 nitrogen and oxygen atoms in total. The van der Waals surface area contributed by atoms with E-state index < -0.39 is 0 Å². The fourth-order valence-corrected chi connectivity index (χ4v) is 19.7. The number of benzene rings is 18. The van der Waals surface area contributed by atoms with Crippen molar-refractivity contribution in [1.29, 1.82) is 0 Å². The molecule has 2 aliphatic rings. The van der Waals surface area contributed by atoms with Gasteiger partial charge in [-0.15, -0.1) is 0 Å². The SMILES string of the molecule is CC1(C)c2ccccc2-c2cccc(-c3c4cccc(-c5ccc6c(c5)oc5ccccc56)c4cc4c(-c5ccc6c(c5)oc5ccccc56)cccc34)c21.CC1(C)c2ccccc2-c2cccc(-c3c4cccc(-c5cccc6c5oc5ccccc56)c4cc4c(-c5cccc6c5oc5ccccc56)cccc34)c21. The average Bonchev–Trinajstić information content (AvgIpc) is 1.38. The summed E-state index contributed by atoms with van der Waals surface area (Å²) < 4.78 is 26.2. The minimum Gasteiger partial charge on any atom is -0.456 e. The van der Waals surface area contributed by atoms with Crippen LogP contribution in [-0.4, -0.2) is 0 Å². The van der Waals surface area contributed by atoms with E-state index in [2.05, 4.69) is 331 Å². The number of furan rings is 4. The van der Waals surface area contributed by atoms with Crippen molar-refractivity contribution in [1.82, 2.24) is 0 Å². The first kappa shape index (κ1) is 62.4. The molecule has 110 heavy (non-hydrogen) atoms. The van der Waals surface area contributed by atoms with Crippen LogP contribution in [0, 0.1) is 0 Å². The van der Waals surface area contributed by atoms with Gasteiger partial charge < -0.3 is 17.7 Å². The van der Waals surface area contributed by atoms with E-state index in [0.717, 1.165) is 121 Å². The second-order valence-corrected chi connectivity index (χ2v) is 31.1. The molecule has 0 saturated heterocycles. The molecule has 2 aliphatic carbocycles. The zero-order valence-corrected chi connectivity index (χ0v) is 61.0. The topological polar surface area (TPSA) is 52.6 Å². The molecule has 0 bridgehead atoms. The van der Waals surface area contributed by atoms with Crippen molar-refractivity contribution >= 4 is 131 Å². The summed E-state index contributed by atoms with van der Waals surface area (Å²) in [5.41, 5.74) is 31.9. The number of rotatable bonds is 6. The first-order chi connectivity index (χ1) is 54.1. The first-order valence-corrected chi connectivity index (χ1v) is 38.2. The highest BCUT2D eigenvalue weighted by Gasteiger charge is 2.40. The Hall–Kier alpha value is -13.8. The predicted octanol–water partition coefficient (Wildman–Crippen LogP) is 30.2. The highest BCUT2D eigenvalue weighted by molar-refractivity contribution is 6.24. The van der Waals surface area contributed by atoms with Crippen LogP contribution in [-0.2, 0) is 10.8 Å². The van der Waals surface area contributed by atoms with Gasteiger partial charge in [0.1, 0.15) is 44.7 Å². The number of hydrogen-bond acceptors (Lipinski definition) is 4. The molecule has 18 aromatic carbocycles. The molecule has 4 aromatic heterocycles. The van der Waals surface area contributed by atoms with Gasteiger partial charge in [-0.2, -0.15) is 0 Å². The molecule has 4 heteroatoms. The van der Waals surface area contributed by atoms with Gasteiger partial charge in [0.05, 0.1) is 0 Å². The molecule has 0 N–H and O–H groups in total. The van der Waals surface area contributed by atoms with E-state index in [-0.39, 0.29) is 10.8 Å². The van der Waals surface area contributed by atoms with Crippen LogP contribution in [0.15, 0.2) is 357 Å². The molecule has 0 amide bonds. The van der Waals surface area contributed by atoms with Gasteiger partial charge in [0, 0.05) is 65.0 Å². The lowest BCUT2D eigenvalue weighted by atomic mass is 9.77. The van der Waals surface area contributed by atoms with Crippen LogP contribution >= 0.6 is 0 Å². The molecule has 24 rings (SSSR count). The Morgan fingerprint density at radius 1 is 0.173 bits per heavy atom. The smallest absolute Gasteiger partial charge is 0.143 e. The lowest BCUT2D eigenvalue weighted by Gasteiger charge is -2.26. The van der Waals surface area contributed by atoms with Crippen LogP contribution in [0.3, 0.4) is 0 Å². The molecule has 0 saturated carbocycles. The third kappa shape index (κ3) is 8.96. The van der Waals surface area contributed by atoms with Crippen molar-refractivity contribution < 1.29 is 17.7 Å². The fraction of sp³-hybridized carbons (Fsp3) is 0.0566. The lowest BCUT2D eigenvalue weighted by molar-refractivity contribution is 0.662. The highest BCUT2D eigenvalue weighted by atomic mass is 16.3. The third-order valence-corrected chi connectivity index (χ3v) is 24.5. The number of hydrogen-bond donors (Lipinski definition) is 0. The van der Waals surface area contributed by atoms with E-state index in [0.29, 0.717) is 0 Å². The van der Waals surface area contributed by atoms with Crippen molar-refractivity contribution in [3.8, 4) is 89.0 Å². The van der Waals surface area contributed by atoms with Gasteiger partial charge in [-0.05, 0) is 204 Å². The zero-order chi connectivity index (χ0) is 72.8. The molecule has 0 aliphatic heterocycles. The van der Waals surface area contributed by atoms with Crippen molar-refractivity contribution in [2.75, 3.05) is 0 Å². The third-order valence-electron chi connectivity index (χ3n) is 24.5. The Bertz CT molecular complexity index is 7390. The first-order valence-electron chi connectivity index (χ1n) is 38.2. The fourth-order valence-electron chi connectivity index (χ4n) is 19.7. The van der Waals surface area contributed by atoms with Crippen molar-refractivity contribution in [3.05, 3.63) is 362 Å². The standard InChI is InChI=1S/2C53H34O2/c1-53(2)46-27-6-3-14-33(46)38-21-11-26-43(50(38)53)49-36-19-9-17-31(39-22-12-24-41-34-15-4-7-28-47(34)54-51(39)41)44(36)30-45-32(18-10-20-37(45)49)40-23-13-25-42-35-16-5-8-29-48(35)55-52(40)42;1-53(2)46-21-6-3-12-35(46)42-19-11-20-43(52(42)53)51-40-17-9-15-33(31-24-26-38-36-13-4-7-22-47(36)54-49(38)28-31)44(40)30-45-34(16-10-18-41(45)51)32-25-27-39-37-14-5-8-23-48(37)55-50(39)29-32/h2*3-30H,1-2H3. The molecule has 0 unspecified atom stereocenters. The lowest BCUT2D eigenvalue weighted by Crippen LogP contribution is -2.16. The maximum atomic E-state index is 6.67. The summed E-state index contributed by atoms with van der Waals surface area (Å²) >= 11 is 0.